The molecule has 1 atom stereocenters. The van der Waals surface area contributed by atoms with Gasteiger partial charge in [0, 0.05) is 47.4 Å². The Bertz CT molecular complexity index is 1500. The van der Waals surface area contributed by atoms with Crippen molar-refractivity contribution >= 4 is 39.6 Å². The first-order valence-electron chi connectivity index (χ1n) is 11.6. The minimum absolute atomic E-state index is 0.0476. The first kappa shape index (κ1) is 22.9. The van der Waals surface area contributed by atoms with E-state index in [9.17, 15) is 4.79 Å². The van der Waals surface area contributed by atoms with Crippen LogP contribution < -0.4 is 10.1 Å². The van der Waals surface area contributed by atoms with Crippen molar-refractivity contribution in [1.82, 2.24) is 29.6 Å². The van der Waals surface area contributed by atoms with Crippen molar-refractivity contribution in [2.75, 3.05) is 13.2 Å². The van der Waals surface area contributed by atoms with Crippen LogP contribution in [0.2, 0.25) is 0 Å². The second-order valence-electron chi connectivity index (χ2n) is 8.58. The highest BCUT2D eigenvalue weighted by molar-refractivity contribution is 7.10. The number of hydrogen-bond acceptors (Lipinski definition) is 8. The molecule has 11 heteroatoms. The molecule has 0 aliphatic carbocycles. The topological polar surface area (TPSA) is 96.1 Å². The number of carbonyl (C=O) groups is 1. The fourth-order valence-corrected chi connectivity index (χ4v) is 5.67. The largest absolute Gasteiger partial charge is 0.470 e. The first-order valence-corrected chi connectivity index (χ1v) is 13.4. The molecule has 0 radical (unpaired) electrons. The number of aromatic nitrogens is 5. The van der Waals surface area contributed by atoms with Crippen LogP contribution >= 0.6 is 22.7 Å². The standard InChI is InChI=1S/C25H24N6O3S2/c1-30-13-17(11-27-30)31-6-4-21-23(31)25(34-18-5-7-33-14-18)29-22(28-21)10-20-9-16(15-36-20)24(32)26-12-19-3-2-8-35-19/h2-4,6,8-9,11,13,15,18H,5,7,10,12,14H2,1H3,(H,26,32)/t18-/m0/s1. The van der Waals surface area contributed by atoms with Crippen LogP contribution in [0, 0.1) is 0 Å². The van der Waals surface area contributed by atoms with E-state index in [0.717, 1.165) is 32.9 Å². The van der Waals surface area contributed by atoms with Crippen LogP contribution in [0.3, 0.4) is 0 Å². The number of hydrogen-bond donors (Lipinski definition) is 1. The summed E-state index contributed by atoms with van der Waals surface area (Å²) in [5.74, 6) is 1.10. The van der Waals surface area contributed by atoms with Gasteiger partial charge in [-0.25, -0.2) is 4.98 Å². The third kappa shape index (κ3) is 4.77. The second-order valence-corrected chi connectivity index (χ2v) is 10.6. The summed E-state index contributed by atoms with van der Waals surface area (Å²) < 4.78 is 15.6. The molecule has 36 heavy (non-hydrogen) atoms. The summed E-state index contributed by atoms with van der Waals surface area (Å²) in [5.41, 5.74) is 3.16. The molecule has 0 unspecified atom stereocenters. The fourth-order valence-electron chi connectivity index (χ4n) is 4.16. The maximum Gasteiger partial charge on any atom is 0.252 e. The van der Waals surface area contributed by atoms with Crippen molar-refractivity contribution in [2.45, 2.75) is 25.5 Å². The van der Waals surface area contributed by atoms with Crippen LogP contribution in [0.1, 0.15) is 32.4 Å². The van der Waals surface area contributed by atoms with E-state index in [1.807, 2.05) is 59.0 Å². The highest BCUT2D eigenvalue weighted by atomic mass is 32.1. The lowest BCUT2D eigenvalue weighted by Gasteiger charge is -2.14. The van der Waals surface area contributed by atoms with Crippen molar-refractivity contribution in [3.63, 3.8) is 0 Å². The minimum Gasteiger partial charge on any atom is -0.470 e. The first-order chi connectivity index (χ1) is 17.6. The molecule has 6 heterocycles. The summed E-state index contributed by atoms with van der Waals surface area (Å²) in [6.45, 7) is 1.76. The van der Waals surface area contributed by atoms with E-state index in [2.05, 4.69) is 10.4 Å². The number of nitrogens with one attached hydrogen (secondary N) is 1. The summed E-state index contributed by atoms with van der Waals surface area (Å²) in [6.07, 6.45) is 6.98. The van der Waals surface area contributed by atoms with E-state index in [4.69, 9.17) is 19.4 Å². The van der Waals surface area contributed by atoms with Gasteiger partial charge in [-0.3, -0.25) is 9.48 Å². The molecule has 5 aromatic rings. The van der Waals surface area contributed by atoms with Gasteiger partial charge in [0.25, 0.3) is 5.91 Å². The molecule has 1 fully saturated rings. The van der Waals surface area contributed by atoms with E-state index < -0.39 is 0 Å². The molecular weight excluding hydrogens is 496 g/mol. The van der Waals surface area contributed by atoms with Crippen LogP contribution in [0.25, 0.3) is 16.7 Å². The van der Waals surface area contributed by atoms with Gasteiger partial charge in [-0.05, 0) is 23.6 Å². The predicted octanol–water partition coefficient (Wildman–Crippen LogP) is 3.97. The van der Waals surface area contributed by atoms with Crippen LogP contribution in [0.4, 0.5) is 0 Å². The van der Waals surface area contributed by atoms with E-state index in [-0.39, 0.29) is 12.0 Å². The Kier molecular flexibility index (Phi) is 6.26. The van der Waals surface area contributed by atoms with Crippen LogP contribution in [0.15, 0.2) is 53.6 Å². The number of fused-ring (bicyclic) bond motifs is 1. The Morgan fingerprint density at radius 2 is 2.22 bits per heavy atom. The van der Waals surface area contributed by atoms with Gasteiger partial charge in [-0.1, -0.05) is 6.07 Å². The molecule has 1 amide bonds. The second kappa shape index (κ2) is 9.84. The van der Waals surface area contributed by atoms with Gasteiger partial charge in [0.1, 0.15) is 17.4 Å². The SMILES string of the molecule is Cn1cc(-n2ccc3nc(Cc4cc(C(=O)NCc5cccs5)cs4)nc(O[C@H]4CCOC4)c32)cn1. The molecule has 9 nitrogen and oxygen atoms in total. The average molecular weight is 521 g/mol. The van der Waals surface area contributed by atoms with Gasteiger partial charge < -0.3 is 19.4 Å². The molecule has 1 N–H and O–H groups in total. The summed E-state index contributed by atoms with van der Waals surface area (Å²) in [7, 11) is 1.88. The fraction of sp³-hybridized carbons (Fsp3) is 0.280. The Balaban J connectivity index is 1.26. The summed E-state index contributed by atoms with van der Waals surface area (Å²) in [4.78, 5) is 24.4. The lowest BCUT2D eigenvalue weighted by atomic mass is 10.2. The monoisotopic (exact) mass is 520 g/mol. The number of rotatable bonds is 8. The van der Waals surface area contributed by atoms with E-state index >= 15 is 0 Å². The normalized spacial score (nSPS) is 15.5. The zero-order chi connectivity index (χ0) is 24.5. The Hall–Kier alpha value is -3.54. The minimum atomic E-state index is -0.0823. The zero-order valence-electron chi connectivity index (χ0n) is 19.6. The molecule has 1 aliphatic rings. The van der Waals surface area contributed by atoms with Crippen molar-refractivity contribution < 1.29 is 14.3 Å². The van der Waals surface area contributed by atoms with Crippen LogP contribution in [-0.2, 0) is 24.8 Å². The molecule has 0 aromatic carbocycles. The molecule has 0 saturated carbocycles. The van der Waals surface area contributed by atoms with Gasteiger partial charge in [0.05, 0.1) is 42.7 Å². The molecule has 0 spiro atoms. The predicted molar refractivity (Wildman–Crippen MR) is 138 cm³/mol. The van der Waals surface area contributed by atoms with E-state index in [0.29, 0.717) is 43.4 Å². The quantitative estimate of drug-likeness (QED) is 0.333. The van der Waals surface area contributed by atoms with Crippen molar-refractivity contribution in [2.24, 2.45) is 7.05 Å². The van der Waals surface area contributed by atoms with Gasteiger partial charge in [-0.2, -0.15) is 10.1 Å². The molecule has 0 bridgehead atoms. The molecular formula is C25H24N6O3S2. The highest BCUT2D eigenvalue weighted by Crippen LogP contribution is 2.30. The zero-order valence-corrected chi connectivity index (χ0v) is 21.2. The molecule has 1 aliphatic heterocycles. The lowest BCUT2D eigenvalue weighted by molar-refractivity contribution is 0.0951. The maximum absolute atomic E-state index is 12.6. The number of aryl methyl sites for hydroxylation is 1. The van der Waals surface area contributed by atoms with Crippen molar-refractivity contribution in [1.29, 1.82) is 0 Å². The third-order valence-electron chi connectivity index (χ3n) is 5.93. The number of ether oxygens (including phenoxy) is 2. The third-order valence-corrected chi connectivity index (χ3v) is 7.75. The smallest absolute Gasteiger partial charge is 0.252 e. The molecule has 6 rings (SSSR count). The molecule has 184 valence electrons. The number of carbonyl (C=O) groups excluding carboxylic acids is 1. The maximum atomic E-state index is 12.6. The summed E-state index contributed by atoms with van der Waals surface area (Å²) >= 11 is 3.16. The molecule has 5 aromatic heterocycles. The van der Waals surface area contributed by atoms with Gasteiger partial charge in [0.2, 0.25) is 5.88 Å². The Morgan fingerprint density at radius 1 is 1.28 bits per heavy atom. The number of nitrogens with zero attached hydrogens (tertiary/aromatic N) is 5. The van der Waals surface area contributed by atoms with Crippen molar-refractivity contribution in [3.05, 3.63) is 74.8 Å². The molecule has 1 saturated heterocycles. The Labute approximate surface area is 215 Å². The van der Waals surface area contributed by atoms with Gasteiger partial charge in [0.15, 0.2) is 0 Å². The Morgan fingerprint density at radius 3 is 3.00 bits per heavy atom. The van der Waals surface area contributed by atoms with Crippen molar-refractivity contribution in [3.8, 4) is 11.6 Å². The van der Waals surface area contributed by atoms with Gasteiger partial charge in [-0.15, -0.1) is 22.7 Å². The van der Waals surface area contributed by atoms with E-state index in [1.165, 1.54) is 11.3 Å². The number of amides is 1. The lowest BCUT2D eigenvalue weighted by Crippen LogP contribution is -2.21. The highest BCUT2D eigenvalue weighted by Gasteiger charge is 2.23. The summed E-state index contributed by atoms with van der Waals surface area (Å²) in [5, 5.41) is 11.2. The summed E-state index contributed by atoms with van der Waals surface area (Å²) in [6, 6.07) is 7.86. The van der Waals surface area contributed by atoms with E-state index in [1.54, 1.807) is 22.2 Å². The van der Waals surface area contributed by atoms with Gasteiger partial charge >= 0.3 is 0 Å². The van der Waals surface area contributed by atoms with Crippen LogP contribution in [0.5, 0.6) is 5.88 Å². The number of thiophene rings is 2. The van der Waals surface area contributed by atoms with Crippen LogP contribution in [-0.4, -0.2) is 49.5 Å². The average Bonchev–Trinajstić information content (AvgIpc) is 3.69.